The molecule has 2 aliphatic carbocycles. The summed E-state index contributed by atoms with van der Waals surface area (Å²) in [4.78, 5) is 4.37. The summed E-state index contributed by atoms with van der Waals surface area (Å²) in [6.45, 7) is 2.91. The number of pyridine rings is 1. The normalized spacial score (nSPS) is 20.1. The summed E-state index contributed by atoms with van der Waals surface area (Å²) in [5.41, 5.74) is 2.24. The Morgan fingerprint density at radius 1 is 1.35 bits per heavy atom. The van der Waals surface area contributed by atoms with Crippen LogP contribution in [0.5, 0.6) is 5.75 Å². The van der Waals surface area contributed by atoms with Crippen LogP contribution in [0.1, 0.15) is 43.4 Å². The van der Waals surface area contributed by atoms with E-state index in [0.29, 0.717) is 6.10 Å². The SMILES string of the molecule is Cc1cc(OC2CCC2)c(CNC2CC2)cn1. The van der Waals surface area contributed by atoms with Crippen molar-refractivity contribution in [1.29, 1.82) is 0 Å². The van der Waals surface area contributed by atoms with E-state index in [4.69, 9.17) is 4.74 Å². The zero-order chi connectivity index (χ0) is 11.7. The standard InChI is InChI=1S/C14H20N2O/c1-10-7-14(17-13-3-2-4-13)11(8-15-10)9-16-12-5-6-12/h7-8,12-13,16H,2-6,9H2,1H3. The van der Waals surface area contributed by atoms with Gasteiger partial charge in [-0.05, 0) is 39.0 Å². The fourth-order valence-electron chi connectivity index (χ4n) is 2.02. The van der Waals surface area contributed by atoms with Gasteiger partial charge in [0.05, 0.1) is 6.10 Å². The molecule has 1 aromatic rings. The Labute approximate surface area is 103 Å². The number of aromatic nitrogens is 1. The van der Waals surface area contributed by atoms with Crippen LogP contribution in [0.2, 0.25) is 0 Å². The van der Waals surface area contributed by atoms with Gasteiger partial charge in [-0.25, -0.2) is 0 Å². The molecule has 0 spiro atoms. The van der Waals surface area contributed by atoms with Crippen LogP contribution in [0.4, 0.5) is 0 Å². The molecule has 0 bridgehead atoms. The maximum absolute atomic E-state index is 6.03. The minimum Gasteiger partial charge on any atom is -0.490 e. The molecule has 3 nitrogen and oxygen atoms in total. The van der Waals surface area contributed by atoms with Gasteiger partial charge in [0.1, 0.15) is 5.75 Å². The van der Waals surface area contributed by atoms with Gasteiger partial charge in [0.25, 0.3) is 0 Å². The van der Waals surface area contributed by atoms with Crippen LogP contribution in [-0.2, 0) is 6.54 Å². The molecule has 0 aromatic carbocycles. The van der Waals surface area contributed by atoms with Crippen LogP contribution in [0.3, 0.4) is 0 Å². The molecule has 0 aliphatic heterocycles. The van der Waals surface area contributed by atoms with Crippen molar-refractivity contribution in [2.75, 3.05) is 0 Å². The number of hydrogen-bond donors (Lipinski definition) is 1. The van der Waals surface area contributed by atoms with Gasteiger partial charge >= 0.3 is 0 Å². The van der Waals surface area contributed by atoms with Crippen LogP contribution in [0, 0.1) is 6.92 Å². The topological polar surface area (TPSA) is 34.1 Å². The van der Waals surface area contributed by atoms with Crippen LogP contribution in [-0.4, -0.2) is 17.1 Å². The molecule has 2 aliphatic rings. The lowest BCUT2D eigenvalue weighted by molar-refractivity contribution is 0.118. The second-order valence-corrected chi connectivity index (χ2v) is 5.26. The maximum Gasteiger partial charge on any atom is 0.127 e. The fourth-order valence-corrected chi connectivity index (χ4v) is 2.02. The van der Waals surface area contributed by atoms with E-state index in [1.54, 1.807) is 0 Å². The first-order chi connectivity index (χ1) is 8.31. The van der Waals surface area contributed by atoms with Gasteiger partial charge in [-0.2, -0.15) is 0 Å². The first-order valence-corrected chi connectivity index (χ1v) is 6.67. The number of hydrogen-bond acceptors (Lipinski definition) is 3. The molecule has 3 rings (SSSR count). The first kappa shape index (κ1) is 11.0. The van der Waals surface area contributed by atoms with Gasteiger partial charge in [-0.1, -0.05) is 0 Å². The third-order valence-corrected chi connectivity index (χ3v) is 3.58. The molecular weight excluding hydrogens is 212 g/mol. The first-order valence-electron chi connectivity index (χ1n) is 6.67. The average molecular weight is 232 g/mol. The van der Waals surface area contributed by atoms with E-state index < -0.39 is 0 Å². The molecule has 0 unspecified atom stereocenters. The summed E-state index contributed by atoms with van der Waals surface area (Å²) in [7, 11) is 0. The zero-order valence-corrected chi connectivity index (χ0v) is 10.4. The molecule has 0 amide bonds. The Hall–Kier alpha value is -1.09. The van der Waals surface area contributed by atoms with Gasteiger partial charge in [0.2, 0.25) is 0 Å². The zero-order valence-electron chi connectivity index (χ0n) is 10.4. The van der Waals surface area contributed by atoms with Crippen LogP contribution < -0.4 is 10.1 Å². The van der Waals surface area contributed by atoms with E-state index in [1.165, 1.54) is 37.7 Å². The highest BCUT2D eigenvalue weighted by atomic mass is 16.5. The van der Waals surface area contributed by atoms with Gasteiger partial charge in [-0.15, -0.1) is 0 Å². The van der Waals surface area contributed by atoms with E-state index >= 15 is 0 Å². The molecular formula is C14H20N2O. The van der Waals surface area contributed by atoms with Crippen LogP contribution in [0.15, 0.2) is 12.3 Å². The summed E-state index contributed by atoms with van der Waals surface area (Å²) in [5, 5.41) is 3.52. The second-order valence-electron chi connectivity index (χ2n) is 5.26. The molecule has 17 heavy (non-hydrogen) atoms. The highest BCUT2D eigenvalue weighted by Crippen LogP contribution is 2.28. The Balaban J connectivity index is 1.69. The number of nitrogens with zero attached hydrogens (tertiary/aromatic N) is 1. The number of nitrogens with one attached hydrogen (secondary N) is 1. The third kappa shape index (κ3) is 2.78. The number of aryl methyl sites for hydroxylation is 1. The molecule has 92 valence electrons. The Morgan fingerprint density at radius 3 is 2.82 bits per heavy atom. The van der Waals surface area contributed by atoms with Crippen molar-refractivity contribution < 1.29 is 4.74 Å². The minimum atomic E-state index is 0.441. The number of ether oxygens (including phenoxy) is 1. The van der Waals surface area contributed by atoms with Crippen LogP contribution >= 0.6 is 0 Å². The van der Waals surface area contributed by atoms with Gasteiger partial charge in [0.15, 0.2) is 0 Å². The summed E-state index contributed by atoms with van der Waals surface area (Å²) in [6, 6.07) is 2.80. The summed E-state index contributed by atoms with van der Waals surface area (Å²) in [5.74, 6) is 1.04. The molecule has 3 heteroatoms. The lowest BCUT2D eigenvalue weighted by atomic mass is 9.96. The van der Waals surface area contributed by atoms with Gasteiger partial charge < -0.3 is 10.1 Å². The highest BCUT2D eigenvalue weighted by Gasteiger charge is 2.23. The monoisotopic (exact) mass is 232 g/mol. The van der Waals surface area contributed by atoms with Crippen molar-refractivity contribution in [3.63, 3.8) is 0 Å². The van der Waals surface area contributed by atoms with E-state index in [9.17, 15) is 0 Å². The maximum atomic E-state index is 6.03. The number of rotatable bonds is 5. The molecule has 0 saturated heterocycles. The van der Waals surface area contributed by atoms with Crippen molar-refractivity contribution in [3.05, 3.63) is 23.5 Å². The Kier molecular flexibility index (Phi) is 3.02. The van der Waals surface area contributed by atoms with Gasteiger partial charge in [-0.3, -0.25) is 4.98 Å². The van der Waals surface area contributed by atoms with E-state index in [1.807, 2.05) is 13.1 Å². The molecule has 0 atom stereocenters. The largest absolute Gasteiger partial charge is 0.490 e. The summed E-state index contributed by atoms with van der Waals surface area (Å²) in [6.07, 6.45) is 8.75. The average Bonchev–Trinajstić information content (AvgIpc) is 3.06. The molecule has 0 radical (unpaired) electrons. The predicted octanol–water partition coefficient (Wildman–Crippen LogP) is 2.57. The van der Waals surface area contributed by atoms with Gasteiger partial charge in [0, 0.05) is 36.1 Å². The summed E-state index contributed by atoms with van der Waals surface area (Å²) < 4.78 is 6.03. The van der Waals surface area contributed by atoms with Crippen LogP contribution in [0.25, 0.3) is 0 Å². The molecule has 1 heterocycles. The van der Waals surface area contributed by atoms with E-state index in [0.717, 1.165) is 24.0 Å². The summed E-state index contributed by atoms with van der Waals surface area (Å²) >= 11 is 0. The second kappa shape index (κ2) is 4.65. The fraction of sp³-hybridized carbons (Fsp3) is 0.643. The van der Waals surface area contributed by atoms with Crippen molar-refractivity contribution >= 4 is 0 Å². The van der Waals surface area contributed by atoms with E-state index in [2.05, 4.69) is 16.4 Å². The predicted molar refractivity (Wildman–Crippen MR) is 67.1 cm³/mol. The lowest BCUT2D eigenvalue weighted by Gasteiger charge is -2.27. The van der Waals surface area contributed by atoms with Crippen molar-refractivity contribution in [3.8, 4) is 5.75 Å². The minimum absolute atomic E-state index is 0.441. The molecule has 1 N–H and O–H groups in total. The van der Waals surface area contributed by atoms with E-state index in [-0.39, 0.29) is 0 Å². The molecule has 2 saturated carbocycles. The molecule has 1 aromatic heterocycles. The molecule has 2 fully saturated rings. The van der Waals surface area contributed by atoms with Crippen molar-refractivity contribution in [2.45, 2.75) is 57.7 Å². The van der Waals surface area contributed by atoms with Crippen molar-refractivity contribution in [1.82, 2.24) is 10.3 Å². The Morgan fingerprint density at radius 2 is 2.18 bits per heavy atom. The van der Waals surface area contributed by atoms with Crippen molar-refractivity contribution in [2.24, 2.45) is 0 Å². The third-order valence-electron chi connectivity index (χ3n) is 3.58. The highest BCUT2D eigenvalue weighted by molar-refractivity contribution is 5.33. The Bertz CT molecular complexity index is 397. The smallest absolute Gasteiger partial charge is 0.127 e. The quantitative estimate of drug-likeness (QED) is 0.847. The lowest BCUT2D eigenvalue weighted by Crippen LogP contribution is -2.26.